The molecule has 6 nitrogen and oxygen atoms in total. The predicted molar refractivity (Wildman–Crippen MR) is 93.9 cm³/mol. The van der Waals surface area contributed by atoms with Crippen LogP contribution in [-0.2, 0) is 9.59 Å². The molecule has 2 saturated heterocycles. The minimum absolute atomic E-state index is 0. The van der Waals surface area contributed by atoms with Gasteiger partial charge >= 0.3 is 0 Å². The molecule has 1 aromatic rings. The van der Waals surface area contributed by atoms with Gasteiger partial charge in [-0.1, -0.05) is 12.5 Å². The van der Waals surface area contributed by atoms with Gasteiger partial charge in [0.1, 0.15) is 0 Å². The summed E-state index contributed by atoms with van der Waals surface area (Å²) in [5.41, 5.74) is 1.04. The Morgan fingerprint density at radius 1 is 1.29 bits per heavy atom. The molecule has 1 atom stereocenters. The molecule has 1 aromatic heterocycles. The highest BCUT2D eigenvalue weighted by Crippen LogP contribution is 2.22. The Bertz CT molecular complexity index is 555. The predicted octanol–water partition coefficient (Wildman–Crippen LogP) is 1.38. The summed E-state index contributed by atoms with van der Waals surface area (Å²) in [6.07, 6.45) is 7.13. The maximum absolute atomic E-state index is 12.8. The van der Waals surface area contributed by atoms with E-state index in [1.54, 1.807) is 11.1 Å². The van der Waals surface area contributed by atoms with Crippen LogP contribution in [0.3, 0.4) is 0 Å². The first kappa shape index (κ1) is 18.7. The molecule has 7 heteroatoms. The third-order valence-electron chi connectivity index (χ3n) is 4.63. The molecular weight excluding hydrogens is 328 g/mol. The summed E-state index contributed by atoms with van der Waals surface area (Å²) >= 11 is 0. The molecule has 132 valence electrons. The van der Waals surface area contributed by atoms with Crippen molar-refractivity contribution in [2.75, 3.05) is 32.7 Å². The standard InChI is InChI=1S/C17H24N4O2.ClH/c22-16-6-2-1-3-9-20(16)13-17(23)21-10-8-19-12-15(21)14-5-4-7-18-11-14;/h4-5,7,11,15,19H,1-3,6,8-10,12-13H2;1H. The number of halogens is 1. The number of hydrogen-bond donors (Lipinski definition) is 1. The van der Waals surface area contributed by atoms with Crippen molar-refractivity contribution >= 4 is 24.2 Å². The molecule has 2 fully saturated rings. The number of hydrogen-bond acceptors (Lipinski definition) is 4. The summed E-state index contributed by atoms with van der Waals surface area (Å²) in [5, 5.41) is 3.34. The maximum Gasteiger partial charge on any atom is 0.242 e. The number of likely N-dealkylation sites (tertiary alicyclic amines) is 1. The van der Waals surface area contributed by atoms with E-state index in [0.29, 0.717) is 19.5 Å². The van der Waals surface area contributed by atoms with Crippen LogP contribution in [0.2, 0.25) is 0 Å². The Labute approximate surface area is 149 Å². The molecule has 3 rings (SSSR count). The number of aromatic nitrogens is 1. The van der Waals surface area contributed by atoms with Crippen LogP contribution in [0.15, 0.2) is 24.5 Å². The molecule has 0 radical (unpaired) electrons. The van der Waals surface area contributed by atoms with E-state index in [9.17, 15) is 9.59 Å². The van der Waals surface area contributed by atoms with Gasteiger partial charge in [-0.25, -0.2) is 0 Å². The lowest BCUT2D eigenvalue weighted by atomic mass is 10.1. The van der Waals surface area contributed by atoms with Crippen molar-refractivity contribution in [3.05, 3.63) is 30.1 Å². The van der Waals surface area contributed by atoms with E-state index in [-0.39, 0.29) is 36.8 Å². The van der Waals surface area contributed by atoms with Gasteiger partial charge in [0.2, 0.25) is 11.8 Å². The maximum atomic E-state index is 12.8. The summed E-state index contributed by atoms with van der Waals surface area (Å²) in [6, 6.07) is 3.89. The number of carbonyl (C=O) groups excluding carboxylic acids is 2. The topological polar surface area (TPSA) is 65.5 Å². The van der Waals surface area contributed by atoms with Gasteiger partial charge in [0.05, 0.1) is 12.6 Å². The third kappa shape index (κ3) is 4.45. The molecule has 0 bridgehead atoms. The quantitative estimate of drug-likeness (QED) is 0.892. The molecule has 2 aliphatic heterocycles. The van der Waals surface area contributed by atoms with Crippen LogP contribution in [0.25, 0.3) is 0 Å². The second-order valence-electron chi connectivity index (χ2n) is 6.22. The molecule has 0 spiro atoms. The van der Waals surface area contributed by atoms with E-state index >= 15 is 0 Å². The molecule has 1 unspecified atom stereocenters. The summed E-state index contributed by atoms with van der Waals surface area (Å²) in [4.78, 5) is 32.7. The Morgan fingerprint density at radius 3 is 2.96 bits per heavy atom. The Hall–Kier alpha value is -1.66. The number of pyridine rings is 1. The summed E-state index contributed by atoms with van der Waals surface area (Å²) in [7, 11) is 0. The highest BCUT2D eigenvalue weighted by atomic mass is 35.5. The third-order valence-corrected chi connectivity index (χ3v) is 4.63. The first-order valence-electron chi connectivity index (χ1n) is 8.43. The van der Waals surface area contributed by atoms with E-state index in [4.69, 9.17) is 0 Å². The van der Waals surface area contributed by atoms with Gasteiger partial charge < -0.3 is 15.1 Å². The van der Waals surface area contributed by atoms with E-state index < -0.39 is 0 Å². The second kappa shape index (κ2) is 8.99. The molecule has 0 aliphatic carbocycles. The smallest absolute Gasteiger partial charge is 0.242 e. The summed E-state index contributed by atoms with van der Waals surface area (Å²) in [5.74, 6) is 0.152. The van der Waals surface area contributed by atoms with Gasteiger partial charge in [0.15, 0.2) is 0 Å². The average molecular weight is 353 g/mol. The minimum Gasteiger partial charge on any atom is -0.333 e. The van der Waals surface area contributed by atoms with Gasteiger partial charge in [-0.15, -0.1) is 12.4 Å². The normalized spacial score (nSPS) is 21.8. The minimum atomic E-state index is -0.00738. The SMILES string of the molecule is Cl.O=C1CCCCCN1CC(=O)N1CCNCC1c1cccnc1. The van der Waals surface area contributed by atoms with Crippen molar-refractivity contribution in [2.24, 2.45) is 0 Å². The largest absolute Gasteiger partial charge is 0.333 e. The molecule has 2 amide bonds. The molecule has 3 heterocycles. The fraction of sp³-hybridized carbons (Fsp3) is 0.588. The van der Waals surface area contributed by atoms with Gasteiger partial charge in [0, 0.05) is 45.0 Å². The van der Waals surface area contributed by atoms with Crippen LogP contribution >= 0.6 is 12.4 Å². The van der Waals surface area contributed by atoms with Crippen LogP contribution in [0, 0.1) is 0 Å². The Kier molecular flexibility index (Phi) is 6.99. The number of amides is 2. The Balaban J connectivity index is 0.00000208. The zero-order valence-electron chi connectivity index (χ0n) is 13.8. The molecule has 0 saturated carbocycles. The Morgan fingerprint density at radius 2 is 2.17 bits per heavy atom. The van der Waals surface area contributed by atoms with Gasteiger partial charge in [-0.2, -0.15) is 0 Å². The van der Waals surface area contributed by atoms with E-state index in [2.05, 4.69) is 10.3 Å². The zero-order valence-corrected chi connectivity index (χ0v) is 14.6. The van der Waals surface area contributed by atoms with E-state index in [0.717, 1.165) is 37.9 Å². The van der Waals surface area contributed by atoms with Crippen molar-refractivity contribution in [1.29, 1.82) is 0 Å². The van der Waals surface area contributed by atoms with E-state index in [1.807, 2.05) is 23.2 Å². The second-order valence-corrected chi connectivity index (χ2v) is 6.22. The first-order chi connectivity index (χ1) is 11.3. The fourth-order valence-corrected chi connectivity index (χ4v) is 3.33. The number of carbonyl (C=O) groups is 2. The highest BCUT2D eigenvalue weighted by molar-refractivity contribution is 5.85. The van der Waals surface area contributed by atoms with Crippen molar-refractivity contribution < 1.29 is 9.59 Å². The number of rotatable bonds is 3. The molecule has 24 heavy (non-hydrogen) atoms. The lowest BCUT2D eigenvalue weighted by Crippen LogP contribution is -2.52. The average Bonchev–Trinajstić information content (AvgIpc) is 2.80. The zero-order chi connectivity index (χ0) is 16.1. The van der Waals surface area contributed by atoms with Crippen LogP contribution in [0.4, 0.5) is 0 Å². The van der Waals surface area contributed by atoms with Crippen molar-refractivity contribution in [2.45, 2.75) is 31.7 Å². The van der Waals surface area contributed by atoms with Crippen LogP contribution in [0.5, 0.6) is 0 Å². The van der Waals surface area contributed by atoms with Gasteiger partial charge in [-0.05, 0) is 24.5 Å². The number of nitrogens with zero attached hydrogens (tertiary/aromatic N) is 3. The van der Waals surface area contributed by atoms with Gasteiger partial charge in [-0.3, -0.25) is 14.6 Å². The monoisotopic (exact) mass is 352 g/mol. The molecule has 2 aliphatic rings. The van der Waals surface area contributed by atoms with Crippen molar-refractivity contribution in [3.8, 4) is 0 Å². The van der Waals surface area contributed by atoms with Crippen LogP contribution in [0.1, 0.15) is 37.3 Å². The van der Waals surface area contributed by atoms with Crippen LogP contribution in [-0.4, -0.2) is 59.3 Å². The number of piperazine rings is 1. The van der Waals surface area contributed by atoms with Crippen molar-refractivity contribution in [1.82, 2.24) is 20.1 Å². The van der Waals surface area contributed by atoms with Crippen LogP contribution < -0.4 is 5.32 Å². The summed E-state index contributed by atoms with van der Waals surface area (Å²) < 4.78 is 0. The van der Waals surface area contributed by atoms with Gasteiger partial charge in [0.25, 0.3) is 0 Å². The fourth-order valence-electron chi connectivity index (χ4n) is 3.33. The first-order valence-corrected chi connectivity index (χ1v) is 8.43. The molecular formula is C17H25ClN4O2. The van der Waals surface area contributed by atoms with Crippen molar-refractivity contribution in [3.63, 3.8) is 0 Å². The number of nitrogens with one attached hydrogen (secondary N) is 1. The molecule has 0 aromatic carbocycles. The lowest BCUT2D eigenvalue weighted by molar-refractivity contribution is -0.142. The lowest BCUT2D eigenvalue weighted by Gasteiger charge is -2.37. The highest BCUT2D eigenvalue weighted by Gasteiger charge is 2.30. The van der Waals surface area contributed by atoms with E-state index in [1.165, 1.54) is 0 Å². The molecule has 1 N–H and O–H groups in total. The summed E-state index contributed by atoms with van der Waals surface area (Å²) in [6.45, 7) is 3.09.